The van der Waals surface area contributed by atoms with Gasteiger partial charge in [-0.2, -0.15) is 0 Å². The zero-order valence-electron chi connectivity index (χ0n) is 15.3. The Kier molecular flexibility index (Phi) is 6.33. The second-order valence-electron chi connectivity index (χ2n) is 6.07. The van der Waals surface area contributed by atoms with Gasteiger partial charge in [0.1, 0.15) is 12.4 Å². The fourth-order valence-corrected chi connectivity index (χ4v) is 3.05. The molecular weight excluding hydrogens is 358 g/mol. The maximum absolute atomic E-state index is 12.1. The molecule has 0 radical (unpaired) electrons. The van der Waals surface area contributed by atoms with Gasteiger partial charge in [0.25, 0.3) is 0 Å². The van der Waals surface area contributed by atoms with Crippen molar-refractivity contribution in [1.29, 1.82) is 0 Å². The van der Waals surface area contributed by atoms with Crippen LogP contribution in [0.5, 0.6) is 5.75 Å². The molecule has 0 bridgehead atoms. The van der Waals surface area contributed by atoms with E-state index >= 15 is 0 Å². The fourth-order valence-electron chi connectivity index (χ4n) is 2.47. The van der Waals surface area contributed by atoms with Crippen LogP contribution in [0.2, 0.25) is 0 Å². The highest BCUT2D eigenvalue weighted by Gasteiger charge is 2.08. The van der Waals surface area contributed by atoms with Gasteiger partial charge in [-0.15, -0.1) is 11.3 Å². The van der Waals surface area contributed by atoms with E-state index in [2.05, 4.69) is 15.3 Å². The van der Waals surface area contributed by atoms with Crippen molar-refractivity contribution in [2.24, 2.45) is 0 Å². The van der Waals surface area contributed by atoms with Crippen molar-refractivity contribution in [3.05, 3.63) is 82.1 Å². The fraction of sp³-hybridized carbons (Fsp3) is 0.190. The minimum absolute atomic E-state index is 0.105. The Balaban J connectivity index is 1.51. The molecule has 0 fully saturated rings. The van der Waals surface area contributed by atoms with E-state index in [9.17, 15) is 4.79 Å². The summed E-state index contributed by atoms with van der Waals surface area (Å²) < 4.78 is 5.75. The maximum atomic E-state index is 12.1. The highest BCUT2D eigenvalue weighted by atomic mass is 32.1. The minimum Gasteiger partial charge on any atom is -0.489 e. The highest BCUT2D eigenvalue weighted by Crippen LogP contribution is 2.18. The second kappa shape index (κ2) is 9.09. The molecule has 0 spiro atoms. The van der Waals surface area contributed by atoms with Gasteiger partial charge in [-0.1, -0.05) is 18.2 Å². The zero-order valence-corrected chi connectivity index (χ0v) is 16.1. The van der Waals surface area contributed by atoms with Crippen LogP contribution in [0.25, 0.3) is 6.08 Å². The van der Waals surface area contributed by atoms with Crippen molar-refractivity contribution in [3.63, 3.8) is 0 Å². The molecule has 1 aromatic carbocycles. The van der Waals surface area contributed by atoms with Gasteiger partial charge in [-0.3, -0.25) is 9.78 Å². The molecular formula is C21H21N3O2S. The summed E-state index contributed by atoms with van der Waals surface area (Å²) in [7, 11) is 0. The zero-order chi connectivity index (χ0) is 19.1. The first kappa shape index (κ1) is 18.8. The Hall–Kier alpha value is -2.99. The summed E-state index contributed by atoms with van der Waals surface area (Å²) in [6, 6.07) is 11.5. The third kappa shape index (κ3) is 5.76. The smallest absolute Gasteiger partial charge is 0.244 e. The molecule has 0 aliphatic carbocycles. The third-order valence-electron chi connectivity index (χ3n) is 3.91. The van der Waals surface area contributed by atoms with Gasteiger partial charge in [-0.25, -0.2) is 4.98 Å². The number of aryl methyl sites for hydroxylation is 1. The van der Waals surface area contributed by atoms with Crippen LogP contribution in [-0.2, 0) is 11.4 Å². The highest BCUT2D eigenvalue weighted by molar-refractivity contribution is 7.09. The minimum atomic E-state index is -0.148. The van der Waals surface area contributed by atoms with E-state index in [1.807, 2.05) is 55.6 Å². The number of hydrogen-bond acceptors (Lipinski definition) is 5. The molecule has 5 nitrogen and oxygen atoms in total. The lowest BCUT2D eigenvalue weighted by Crippen LogP contribution is -2.24. The topological polar surface area (TPSA) is 64.1 Å². The van der Waals surface area contributed by atoms with Crippen molar-refractivity contribution < 1.29 is 9.53 Å². The van der Waals surface area contributed by atoms with E-state index in [1.54, 1.807) is 29.8 Å². The van der Waals surface area contributed by atoms with Gasteiger partial charge in [0.2, 0.25) is 5.91 Å². The van der Waals surface area contributed by atoms with Crippen LogP contribution in [-0.4, -0.2) is 15.9 Å². The van der Waals surface area contributed by atoms with Crippen molar-refractivity contribution >= 4 is 23.3 Å². The lowest BCUT2D eigenvalue weighted by Gasteiger charge is -2.14. The van der Waals surface area contributed by atoms with Crippen LogP contribution >= 0.6 is 11.3 Å². The number of aromatic nitrogens is 2. The first-order chi connectivity index (χ1) is 13.1. The number of thiazole rings is 1. The number of carbonyl (C=O) groups is 1. The Bertz CT molecular complexity index is 905. The van der Waals surface area contributed by atoms with Crippen molar-refractivity contribution in [2.75, 3.05) is 0 Å². The van der Waals surface area contributed by atoms with E-state index < -0.39 is 0 Å². The van der Waals surface area contributed by atoms with Gasteiger partial charge < -0.3 is 10.1 Å². The van der Waals surface area contributed by atoms with Crippen LogP contribution in [0.4, 0.5) is 0 Å². The number of ether oxygens (including phenoxy) is 1. The predicted octanol–water partition coefficient (Wildman–Crippen LogP) is 4.32. The molecule has 3 rings (SSSR count). The molecule has 0 saturated carbocycles. The summed E-state index contributed by atoms with van der Waals surface area (Å²) in [4.78, 5) is 20.5. The van der Waals surface area contributed by atoms with E-state index in [1.165, 1.54) is 6.08 Å². The van der Waals surface area contributed by atoms with E-state index in [-0.39, 0.29) is 11.9 Å². The number of amides is 1. The molecule has 1 unspecified atom stereocenters. The number of pyridine rings is 1. The second-order valence-corrected chi connectivity index (χ2v) is 7.14. The number of nitrogens with zero attached hydrogens (tertiary/aromatic N) is 2. The largest absolute Gasteiger partial charge is 0.489 e. The number of benzene rings is 1. The molecule has 2 heterocycles. The quantitative estimate of drug-likeness (QED) is 0.621. The molecule has 6 heteroatoms. The first-order valence-electron chi connectivity index (χ1n) is 8.62. The summed E-state index contributed by atoms with van der Waals surface area (Å²) in [5.74, 6) is 0.630. The van der Waals surface area contributed by atoms with Gasteiger partial charge in [0.05, 0.1) is 16.7 Å². The van der Waals surface area contributed by atoms with Crippen LogP contribution in [0.1, 0.15) is 34.8 Å². The lowest BCUT2D eigenvalue weighted by atomic mass is 10.1. The molecule has 1 N–H and O–H groups in total. The molecule has 0 saturated heterocycles. The van der Waals surface area contributed by atoms with Crippen molar-refractivity contribution in [3.8, 4) is 5.75 Å². The van der Waals surface area contributed by atoms with Gasteiger partial charge >= 0.3 is 0 Å². The Morgan fingerprint density at radius 2 is 2.11 bits per heavy atom. The van der Waals surface area contributed by atoms with Gasteiger partial charge in [-0.05, 0) is 43.7 Å². The van der Waals surface area contributed by atoms with E-state index in [4.69, 9.17) is 4.74 Å². The number of carbonyl (C=O) groups excluding carboxylic acids is 1. The molecule has 1 amide bonds. The molecule has 1 atom stereocenters. The standard InChI is InChI=1S/C21H21N3O2S/c1-15(23-21(25)10-7-19-14-27-16(2)24-19)18-5-8-20(9-6-18)26-13-17-4-3-11-22-12-17/h3-12,14-15H,13H2,1-2H3,(H,23,25)/b10-7+. The third-order valence-corrected chi connectivity index (χ3v) is 4.70. The Labute approximate surface area is 162 Å². The van der Waals surface area contributed by atoms with Crippen LogP contribution < -0.4 is 10.1 Å². The average Bonchev–Trinajstić information content (AvgIpc) is 3.11. The Morgan fingerprint density at radius 1 is 1.30 bits per heavy atom. The Morgan fingerprint density at radius 3 is 2.78 bits per heavy atom. The molecule has 27 heavy (non-hydrogen) atoms. The van der Waals surface area contributed by atoms with Crippen molar-refractivity contribution in [2.45, 2.75) is 26.5 Å². The van der Waals surface area contributed by atoms with Crippen LogP contribution in [0, 0.1) is 6.92 Å². The van der Waals surface area contributed by atoms with Crippen LogP contribution in [0.3, 0.4) is 0 Å². The molecule has 0 aliphatic rings. The average molecular weight is 379 g/mol. The summed E-state index contributed by atoms with van der Waals surface area (Å²) in [5, 5.41) is 5.86. The first-order valence-corrected chi connectivity index (χ1v) is 9.50. The molecule has 138 valence electrons. The normalized spacial score (nSPS) is 12.1. The predicted molar refractivity (Wildman–Crippen MR) is 107 cm³/mol. The van der Waals surface area contributed by atoms with Gasteiger partial charge in [0.15, 0.2) is 0 Å². The molecule has 0 aliphatic heterocycles. The number of hydrogen-bond donors (Lipinski definition) is 1. The van der Waals surface area contributed by atoms with Crippen LogP contribution in [0.15, 0.2) is 60.2 Å². The number of rotatable bonds is 7. The SMILES string of the molecule is Cc1nc(/C=C/C(=O)NC(C)c2ccc(OCc3cccnc3)cc2)cs1. The van der Waals surface area contributed by atoms with E-state index in [0.717, 1.165) is 27.6 Å². The summed E-state index contributed by atoms with van der Waals surface area (Å²) in [5.41, 5.74) is 2.83. The molecule has 2 aromatic heterocycles. The maximum Gasteiger partial charge on any atom is 0.244 e. The lowest BCUT2D eigenvalue weighted by molar-refractivity contribution is -0.117. The van der Waals surface area contributed by atoms with Crippen molar-refractivity contribution in [1.82, 2.24) is 15.3 Å². The van der Waals surface area contributed by atoms with E-state index in [0.29, 0.717) is 6.61 Å². The van der Waals surface area contributed by atoms with Gasteiger partial charge in [0, 0.05) is 29.4 Å². The number of nitrogens with one attached hydrogen (secondary N) is 1. The summed E-state index contributed by atoms with van der Waals surface area (Å²) in [6.45, 7) is 4.36. The monoisotopic (exact) mass is 379 g/mol. The molecule has 3 aromatic rings. The summed E-state index contributed by atoms with van der Waals surface area (Å²) in [6.07, 6.45) is 6.75. The summed E-state index contributed by atoms with van der Waals surface area (Å²) >= 11 is 1.56.